The number of halogens is 2. The number of nitrogens with one attached hydrogen (secondary N) is 1. The number of hydrogen-bond acceptors (Lipinski definition) is 5. The van der Waals surface area contributed by atoms with Gasteiger partial charge in [-0.25, -0.2) is 4.98 Å². The average molecular weight is 278 g/mol. The van der Waals surface area contributed by atoms with Crippen molar-refractivity contribution in [1.82, 2.24) is 4.98 Å². The van der Waals surface area contributed by atoms with Gasteiger partial charge >= 0.3 is 5.97 Å². The molecule has 1 rings (SSSR count). The van der Waals surface area contributed by atoms with E-state index in [2.05, 4.69) is 10.3 Å². The highest BCUT2D eigenvalue weighted by Gasteiger charge is 2.07. The Morgan fingerprint density at radius 3 is 2.88 bits per heavy atom. The van der Waals surface area contributed by atoms with Crippen LogP contribution in [-0.2, 0) is 9.53 Å². The Morgan fingerprint density at radius 1 is 1.53 bits per heavy atom. The third kappa shape index (κ3) is 4.28. The van der Waals surface area contributed by atoms with E-state index in [0.717, 1.165) is 0 Å². The fourth-order valence-corrected chi connectivity index (χ4v) is 1.55. The summed E-state index contributed by atoms with van der Waals surface area (Å²) in [7, 11) is 0. The molecule has 0 atom stereocenters. The zero-order valence-corrected chi connectivity index (χ0v) is 10.8. The molecule has 0 unspecified atom stereocenters. The average Bonchev–Trinajstić information content (AvgIpc) is 2.26. The van der Waals surface area contributed by atoms with Gasteiger partial charge in [0.25, 0.3) is 0 Å². The molecular weight excluding hydrogens is 265 g/mol. The van der Waals surface area contributed by atoms with Gasteiger partial charge in [0.05, 0.1) is 23.1 Å². The number of aromatic nitrogens is 1. The summed E-state index contributed by atoms with van der Waals surface area (Å²) in [6.45, 7) is 2.49. The van der Waals surface area contributed by atoms with E-state index in [9.17, 15) is 4.79 Å². The molecule has 1 heterocycles. The van der Waals surface area contributed by atoms with Gasteiger partial charge < -0.3 is 15.8 Å². The normalized spacial score (nSPS) is 10.1. The molecule has 0 amide bonds. The summed E-state index contributed by atoms with van der Waals surface area (Å²) in [6, 6.07) is 1.50. The van der Waals surface area contributed by atoms with Crippen molar-refractivity contribution in [3.05, 3.63) is 16.1 Å². The van der Waals surface area contributed by atoms with Crippen LogP contribution in [0.25, 0.3) is 0 Å². The summed E-state index contributed by atoms with van der Waals surface area (Å²) in [5.41, 5.74) is 5.54. The molecule has 0 saturated carbocycles. The molecule has 7 heteroatoms. The predicted octanol–water partition coefficient (Wildman–Crippen LogP) is 2.34. The number of nitrogens with two attached hydrogens (primary N) is 1. The second-order valence-electron chi connectivity index (χ2n) is 3.17. The van der Waals surface area contributed by atoms with Gasteiger partial charge in [-0.1, -0.05) is 23.2 Å². The number of nitrogens with zero attached hydrogens (tertiary/aromatic N) is 1. The van der Waals surface area contributed by atoms with E-state index < -0.39 is 0 Å². The SMILES string of the molecule is CCOC(=O)CCNc1nc(N)c(Cl)cc1Cl. The molecule has 0 aliphatic rings. The van der Waals surface area contributed by atoms with E-state index in [1.807, 2.05) is 0 Å². The standard InChI is InChI=1S/C10H13Cl2N3O2/c1-2-17-8(16)3-4-14-10-7(12)5-6(11)9(13)15-10/h5H,2-4H2,1H3,(H3,13,14,15). The van der Waals surface area contributed by atoms with E-state index >= 15 is 0 Å². The molecule has 0 aliphatic heterocycles. The molecule has 0 fully saturated rings. The van der Waals surface area contributed by atoms with Crippen molar-refractivity contribution in [2.24, 2.45) is 0 Å². The van der Waals surface area contributed by atoms with Crippen molar-refractivity contribution in [2.75, 3.05) is 24.2 Å². The maximum absolute atomic E-state index is 11.1. The monoisotopic (exact) mass is 277 g/mol. The largest absolute Gasteiger partial charge is 0.466 e. The van der Waals surface area contributed by atoms with Gasteiger partial charge in [-0.3, -0.25) is 4.79 Å². The molecule has 3 N–H and O–H groups in total. The van der Waals surface area contributed by atoms with E-state index in [4.69, 9.17) is 33.7 Å². The van der Waals surface area contributed by atoms with Gasteiger partial charge in [-0.15, -0.1) is 0 Å². The van der Waals surface area contributed by atoms with Crippen LogP contribution in [0.2, 0.25) is 10.0 Å². The Kier molecular flexibility index (Phi) is 5.31. The summed E-state index contributed by atoms with van der Waals surface area (Å²) in [4.78, 5) is 15.0. The van der Waals surface area contributed by atoms with Crippen molar-refractivity contribution in [2.45, 2.75) is 13.3 Å². The van der Waals surface area contributed by atoms with E-state index in [0.29, 0.717) is 29.0 Å². The zero-order chi connectivity index (χ0) is 12.8. The van der Waals surface area contributed by atoms with Crippen LogP contribution in [0, 0.1) is 0 Å². The van der Waals surface area contributed by atoms with Crippen LogP contribution in [0.4, 0.5) is 11.6 Å². The third-order valence-electron chi connectivity index (χ3n) is 1.88. The molecule has 0 spiro atoms. The van der Waals surface area contributed by atoms with Crippen LogP contribution in [-0.4, -0.2) is 24.1 Å². The van der Waals surface area contributed by atoms with Crippen LogP contribution in [0.5, 0.6) is 0 Å². The molecule has 0 bridgehead atoms. The first-order chi connectivity index (χ1) is 8.04. The highest BCUT2D eigenvalue weighted by atomic mass is 35.5. The van der Waals surface area contributed by atoms with Crippen LogP contribution in [0.1, 0.15) is 13.3 Å². The van der Waals surface area contributed by atoms with Crippen molar-refractivity contribution in [3.8, 4) is 0 Å². The fraction of sp³-hybridized carbons (Fsp3) is 0.400. The molecule has 0 radical (unpaired) electrons. The van der Waals surface area contributed by atoms with Gasteiger partial charge in [0, 0.05) is 6.54 Å². The second-order valence-corrected chi connectivity index (χ2v) is 3.98. The number of carbonyl (C=O) groups is 1. The second kappa shape index (κ2) is 6.51. The number of hydrogen-bond donors (Lipinski definition) is 2. The lowest BCUT2D eigenvalue weighted by molar-refractivity contribution is -0.142. The van der Waals surface area contributed by atoms with E-state index in [-0.39, 0.29) is 18.2 Å². The van der Waals surface area contributed by atoms with Crippen molar-refractivity contribution in [3.63, 3.8) is 0 Å². The van der Waals surface area contributed by atoms with Crippen LogP contribution in [0.15, 0.2) is 6.07 Å². The molecule has 1 aromatic rings. The number of nitrogen functional groups attached to an aromatic ring is 1. The molecule has 0 aromatic carbocycles. The Hall–Kier alpha value is -1.20. The van der Waals surface area contributed by atoms with Crippen LogP contribution < -0.4 is 11.1 Å². The lowest BCUT2D eigenvalue weighted by Crippen LogP contribution is -2.12. The van der Waals surface area contributed by atoms with Crippen LogP contribution >= 0.6 is 23.2 Å². The summed E-state index contributed by atoms with van der Waals surface area (Å²) in [5.74, 6) is 0.311. The number of ether oxygens (including phenoxy) is 1. The summed E-state index contributed by atoms with van der Waals surface area (Å²) >= 11 is 11.6. The number of pyridine rings is 1. The fourth-order valence-electron chi connectivity index (χ4n) is 1.12. The highest BCUT2D eigenvalue weighted by molar-refractivity contribution is 6.37. The summed E-state index contributed by atoms with van der Waals surface area (Å²) in [5, 5.41) is 3.54. The lowest BCUT2D eigenvalue weighted by Gasteiger charge is -2.08. The molecule has 17 heavy (non-hydrogen) atoms. The van der Waals surface area contributed by atoms with Crippen LogP contribution in [0.3, 0.4) is 0 Å². The molecule has 1 aromatic heterocycles. The Balaban J connectivity index is 2.52. The van der Waals surface area contributed by atoms with Crippen molar-refractivity contribution in [1.29, 1.82) is 0 Å². The van der Waals surface area contributed by atoms with Gasteiger partial charge in [0.15, 0.2) is 0 Å². The number of rotatable bonds is 5. The molecule has 94 valence electrons. The first-order valence-electron chi connectivity index (χ1n) is 5.05. The summed E-state index contributed by atoms with van der Waals surface area (Å²) < 4.78 is 4.77. The highest BCUT2D eigenvalue weighted by Crippen LogP contribution is 2.27. The lowest BCUT2D eigenvalue weighted by atomic mass is 10.4. The van der Waals surface area contributed by atoms with Crippen molar-refractivity contribution >= 4 is 40.8 Å². The topological polar surface area (TPSA) is 77.2 Å². The van der Waals surface area contributed by atoms with E-state index in [1.165, 1.54) is 6.07 Å². The van der Waals surface area contributed by atoms with Gasteiger partial charge in [0.2, 0.25) is 0 Å². The number of anilines is 2. The third-order valence-corrected chi connectivity index (χ3v) is 2.47. The summed E-state index contributed by atoms with van der Waals surface area (Å²) in [6.07, 6.45) is 0.231. The van der Waals surface area contributed by atoms with Gasteiger partial charge in [0.1, 0.15) is 11.6 Å². The molecule has 0 saturated heterocycles. The Labute approximate surface area is 109 Å². The minimum atomic E-state index is -0.280. The molecule has 5 nitrogen and oxygen atoms in total. The molecule has 0 aliphatic carbocycles. The van der Waals surface area contributed by atoms with Gasteiger partial charge in [-0.05, 0) is 13.0 Å². The zero-order valence-electron chi connectivity index (χ0n) is 9.30. The Morgan fingerprint density at radius 2 is 2.24 bits per heavy atom. The van der Waals surface area contributed by atoms with E-state index in [1.54, 1.807) is 6.92 Å². The Bertz CT molecular complexity index is 413. The number of carbonyl (C=O) groups excluding carboxylic acids is 1. The predicted molar refractivity (Wildman–Crippen MR) is 68.4 cm³/mol. The first kappa shape index (κ1) is 13.9. The number of esters is 1. The maximum atomic E-state index is 11.1. The quantitative estimate of drug-likeness (QED) is 0.808. The van der Waals surface area contributed by atoms with Crippen molar-refractivity contribution < 1.29 is 9.53 Å². The maximum Gasteiger partial charge on any atom is 0.307 e. The van der Waals surface area contributed by atoms with Gasteiger partial charge in [-0.2, -0.15) is 0 Å². The molecular formula is C10H13Cl2N3O2. The minimum Gasteiger partial charge on any atom is -0.466 e. The smallest absolute Gasteiger partial charge is 0.307 e. The first-order valence-corrected chi connectivity index (χ1v) is 5.81. The minimum absolute atomic E-state index is 0.190.